The molecule has 2 N–H and O–H groups in total. The van der Waals surface area contributed by atoms with E-state index in [4.69, 9.17) is 4.74 Å². The van der Waals surface area contributed by atoms with Crippen molar-refractivity contribution in [3.05, 3.63) is 88.6 Å². The van der Waals surface area contributed by atoms with Gasteiger partial charge in [0.05, 0.1) is 5.56 Å². The molecule has 0 atom stereocenters. The van der Waals surface area contributed by atoms with Crippen molar-refractivity contribution in [2.45, 2.75) is 0 Å². The lowest BCUT2D eigenvalue weighted by molar-refractivity contribution is -0.123. The summed E-state index contributed by atoms with van der Waals surface area (Å²) in [6.07, 6.45) is 0. The molecule has 0 radical (unpaired) electrons. The summed E-state index contributed by atoms with van der Waals surface area (Å²) in [5.74, 6) is -1.21. The van der Waals surface area contributed by atoms with Crippen LogP contribution < -0.4 is 15.6 Å². The molecule has 0 unspecified atom stereocenters. The lowest BCUT2D eigenvalue weighted by Crippen LogP contribution is -2.44. The van der Waals surface area contributed by atoms with E-state index in [-0.39, 0.29) is 12.2 Å². The number of para-hydroxylation sites is 1. The number of ether oxygens (including phenoxy) is 1. The van der Waals surface area contributed by atoms with Crippen LogP contribution in [-0.2, 0) is 4.79 Å². The highest BCUT2D eigenvalue weighted by Gasteiger charge is 2.13. The van der Waals surface area contributed by atoms with E-state index in [1.54, 1.807) is 6.07 Å². The maximum absolute atomic E-state index is 13.3. The van der Waals surface area contributed by atoms with Crippen LogP contribution in [0.15, 0.2) is 77.3 Å². The van der Waals surface area contributed by atoms with Crippen LogP contribution in [0.1, 0.15) is 10.4 Å². The van der Waals surface area contributed by atoms with Gasteiger partial charge in [-0.05, 0) is 45.8 Å². The largest absolute Gasteiger partial charge is 0.483 e. The molecule has 3 rings (SSSR count). The zero-order valence-corrected chi connectivity index (χ0v) is 16.2. The Morgan fingerprint density at radius 2 is 1.64 bits per heavy atom. The topological polar surface area (TPSA) is 67.4 Å². The number of amides is 2. The molecule has 0 aliphatic rings. The third kappa shape index (κ3) is 4.95. The summed E-state index contributed by atoms with van der Waals surface area (Å²) in [4.78, 5) is 24.1. The van der Waals surface area contributed by atoms with E-state index in [2.05, 4.69) is 26.8 Å². The van der Waals surface area contributed by atoms with Crippen LogP contribution in [0.4, 0.5) is 4.39 Å². The quantitative estimate of drug-likeness (QED) is 0.584. The average Bonchev–Trinajstić information content (AvgIpc) is 2.73. The number of hydrazine groups is 1. The Labute approximate surface area is 169 Å². The Kier molecular flexibility index (Phi) is 6.39. The first-order chi connectivity index (χ1) is 13.5. The first-order valence-corrected chi connectivity index (χ1v) is 9.15. The third-order valence-corrected chi connectivity index (χ3v) is 4.51. The van der Waals surface area contributed by atoms with Crippen LogP contribution in [0.5, 0.6) is 5.75 Å². The Morgan fingerprint density at radius 1 is 0.929 bits per heavy atom. The monoisotopic (exact) mass is 442 g/mol. The smallest absolute Gasteiger partial charge is 0.276 e. The van der Waals surface area contributed by atoms with Crippen molar-refractivity contribution in [1.82, 2.24) is 10.9 Å². The average molecular weight is 443 g/mol. The summed E-state index contributed by atoms with van der Waals surface area (Å²) in [7, 11) is 0. The molecule has 0 saturated heterocycles. The molecule has 0 fully saturated rings. The Bertz CT molecular complexity index is 996. The molecule has 0 heterocycles. The molecule has 142 valence electrons. The van der Waals surface area contributed by atoms with Gasteiger partial charge in [-0.3, -0.25) is 20.4 Å². The van der Waals surface area contributed by atoms with E-state index < -0.39 is 17.6 Å². The molecular formula is C21H16BrFN2O3. The van der Waals surface area contributed by atoms with Gasteiger partial charge in [-0.1, -0.05) is 48.5 Å². The first-order valence-electron chi connectivity index (χ1n) is 8.36. The standard InChI is InChI=1S/C21H16BrFN2O3/c22-18-11-10-15(23)12-17(18)21(27)25-24-20(26)13-28-19-9-5-4-8-16(19)14-6-2-1-3-7-14/h1-12H,13H2,(H,24,26)(H,25,27). The van der Waals surface area contributed by atoms with Crippen LogP contribution >= 0.6 is 15.9 Å². The predicted molar refractivity (Wildman–Crippen MR) is 107 cm³/mol. The summed E-state index contributed by atoms with van der Waals surface area (Å²) in [6.45, 7) is -0.297. The van der Waals surface area contributed by atoms with Crippen molar-refractivity contribution < 1.29 is 18.7 Å². The number of benzene rings is 3. The van der Waals surface area contributed by atoms with Crippen LogP contribution in [0, 0.1) is 5.82 Å². The lowest BCUT2D eigenvalue weighted by atomic mass is 10.1. The molecule has 0 spiro atoms. The maximum Gasteiger partial charge on any atom is 0.276 e. The van der Waals surface area contributed by atoms with Gasteiger partial charge in [0.25, 0.3) is 11.8 Å². The van der Waals surface area contributed by atoms with Crippen molar-refractivity contribution in [2.75, 3.05) is 6.61 Å². The molecule has 2 amide bonds. The van der Waals surface area contributed by atoms with Gasteiger partial charge < -0.3 is 4.74 Å². The molecule has 0 aliphatic heterocycles. The number of rotatable bonds is 5. The minimum absolute atomic E-state index is 0.0654. The molecule has 3 aromatic rings. The molecule has 3 aromatic carbocycles. The van der Waals surface area contributed by atoms with Gasteiger partial charge in [-0.25, -0.2) is 4.39 Å². The second kappa shape index (κ2) is 9.14. The number of hydrogen-bond acceptors (Lipinski definition) is 3. The zero-order valence-electron chi connectivity index (χ0n) is 14.6. The van der Waals surface area contributed by atoms with Crippen molar-refractivity contribution in [3.63, 3.8) is 0 Å². The molecule has 7 heteroatoms. The number of hydrogen-bond donors (Lipinski definition) is 2. The fraction of sp³-hybridized carbons (Fsp3) is 0.0476. The maximum atomic E-state index is 13.3. The van der Waals surface area contributed by atoms with Crippen LogP contribution in [0.3, 0.4) is 0 Å². The molecular weight excluding hydrogens is 427 g/mol. The SMILES string of the molecule is O=C(COc1ccccc1-c1ccccc1)NNC(=O)c1cc(F)ccc1Br. The van der Waals surface area contributed by atoms with E-state index in [0.717, 1.165) is 17.2 Å². The Hall–Kier alpha value is -3.19. The predicted octanol–water partition coefficient (Wildman–Crippen LogP) is 4.10. The summed E-state index contributed by atoms with van der Waals surface area (Å²) in [5.41, 5.74) is 6.36. The molecule has 0 aliphatic carbocycles. The van der Waals surface area contributed by atoms with E-state index in [9.17, 15) is 14.0 Å². The van der Waals surface area contributed by atoms with Crippen molar-refractivity contribution in [1.29, 1.82) is 0 Å². The Balaban J connectivity index is 1.58. The number of halogens is 2. The number of carbonyl (C=O) groups excluding carboxylic acids is 2. The van der Waals surface area contributed by atoms with Gasteiger partial charge in [0.1, 0.15) is 11.6 Å². The van der Waals surface area contributed by atoms with Crippen LogP contribution in [0.2, 0.25) is 0 Å². The van der Waals surface area contributed by atoms with Gasteiger partial charge in [0, 0.05) is 10.0 Å². The molecule has 0 saturated carbocycles. The summed E-state index contributed by atoms with van der Waals surface area (Å²) < 4.78 is 19.3. The third-order valence-electron chi connectivity index (χ3n) is 3.82. The van der Waals surface area contributed by atoms with Gasteiger partial charge in [0.15, 0.2) is 6.61 Å². The summed E-state index contributed by atoms with van der Waals surface area (Å²) in [5, 5.41) is 0. The second-order valence-electron chi connectivity index (χ2n) is 5.78. The number of nitrogens with one attached hydrogen (secondary N) is 2. The lowest BCUT2D eigenvalue weighted by Gasteiger charge is -2.12. The second-order valence-corrected chi connectivity index (χ2v) is 6.63. The summed E-state index contributed by atoms with van der Waals surface area (Å²) in [6, 6.07) is 20.7. The van der Waals surface area contributed by atoms with E-state index in [1.165, 1.54) is 12.1 Å². The minimum atomic E-state index is -0.649. The van der Waals surface area contributed by atoms with Gasteiger partial charge in [-0.15, -0.1) is 0 Å². The normalized spacial score (nSPS) is 10.2. The molecule has 5 nitrogen and oxygen atoms in total. The fourth-order valence-electron chi connectivity index (χ4n) is 2.49. The van der Waals surface area contributed by atoms with E-state index in [0.29, 0.717) is 10.2 Å². The van der Waals surface area contributed by atoms with Crippen LogP contribution in [0.25, 0.3) is 11.1 Å². The Morgan fingerprint density at radius 3 is 2.43 bits per heavy atom. The van der Waals surface area contributed by atoms with Crippen molar-refractivity contribution in [3.8, 4) is 16.9 Å². The highest BCUT2D eigenvalue weighted by molar-refractivity contribution is 9.10. The first kappa shape index (κ1) is 19.6. The molecule has 28 heavy (non-hydrogen) atoms. The van der Waals surface area contributed by atoms with Gasteiger partial charge in [-0.2, -0.15) is 0 Å². The highest BCUT2D eigenvalue weighted by atomic mass is 79.9. The minimum Gasteiger partial charge on any atom is -0.483 e. The zero-order chi connectivity index (χ0) is 19.9. The van der Waals surface area contributed by atoms with E-state index >= 15 is 0 Å². The number of carbonyl (C=O) groups is 2. The summed E-state index contributed by atoms with van der Waals surface area (Å²) >= 11 is 3.16. The molecule has 0 bridgehead atoms. The molecule has 0 aromatic heterocycles. The fourth-order valence-corrected chi connectivity index (χ4v) is 2.92. The van der Waals surface area contributed by atoms with Crippen LogP contribution in [-0.4, -0.2) is 18.4 Å². The van der Waals surface area contributed by atoms with Gasteiger partial charge in [0.2, 0.25) is 0 Å². The van der Waals surface area contributed by atoms with Crippen molar-refractivity contribution in [2.24, 2.45) is 0 Å². The highest BCUT2D eigenvalue weighted by Crippen LogP contribution is 2.29. The van der Waals surface area contributed by atoms with E-state index in [1.807, 2.05) is 48.5 Å². The van der Waals surface area contributed by atoms with Gasteiger partial charge >= 0.3 is 0 Å². The van der Waals surface area contributed by atoms with Crippen molar-refractivity contribution >= 4 is 27.7 Å².